The van der Waals surface area contributed by atoms with Crippen LogP contribution in [0, 0.1) is 5.41 Å². The maximum atomic E-state index is 12.0. The first-order valence-electron chi connectivity index (χ1n) is 7.07. The molecule has 0 radical (unpaired) electrons. The minimum Gasteiger partial charge on any atom is -0.479 e. The number of carbonyl (C=O) groups is 2. The van der Waals surface area contributed by atoms with Gasteiger partial charge >= 0.3 is 5.97 Å². The number of carboxylic acids is 1. The summed E-state index contributed by atoms with van der Waals surface area (Å²) < 4.78 is 29.0. The lowest BCUT2D eigenvalue weighted by Crippen LogP contribution is -2.48. The number of amides is 1. The van der Waals surface area contributed by atoms with Crippen LogP contribution < -0.4 is 5.73 Å². The van der Waals surface area contributed by atoms with Crippen molar-refractivity contribution < 1.29 is 32.4 Å². The molecule has 0 aromatic heterocycles. The maximum absolute atomic E-state index is 12.0. The third-order valence-corrected chi connectivity index (χ3v) is 4.80. The molecule has 0 saturated heterocycles. The number of hydrogen-bond acceptors (Lipinski definition) is 7. The van der Waals surface area contributed by atoms with E-state index in [9.17, 15) is 23.1 Å². The van der Waals surface area contributed by atoms with E-state index in [0.29, 0.717) is 0 Å². The minimum atomic E-state index is -4.01. The monoisotopic (exact) mass is 354 g/mol. The van der Waals surface area contributed by atoms with Crippen molar-refractivity contribution in [2.75, 3.05) is 26.4 Å². The second-order valence-electron chi connectivity index (χ2n) is 6.04. The van der Waals surface area contributed by atoms with E-state index in [1.54, 1.807) is 0 Å². The molecular weight excluding hydrogens is 328 g/mol. The van der Waals surface area contributed by atoms with Gasteiger partial charge in [-0.25, -0.2) is 4.79 Å². The fraction of sp³-hybridized carbons (Fsp3) is 0.846. The van der Waals surface area contributed by atoms with Gasteiger partial charge in [-0.3, -0.25) is 8.98 Å². The molecule has 0 aromatic rings. The van der Waals surface area contributed by atoms with Gasteiger partial charge in [0, 0.05) is 19.5 Å². The highest BCUT2D eigenvalue weighted by Gasteiger charge is 2.44. The summed E-state index contributed by atoms with van der Waals surface area (Å²) in [6.45, 7) is 2.81. The summed E-state index contributed by atoms with van der Waals surface area (Å²) >= 11 is 0. The number of hydrogen-bond donors (Lipinski definition) is 3. The largest absolute Gasteiger partial charge is 0.479 e. The number of aliphatic hydroxyl groups is 1. The van der Waals surface area contributed by atoms with Crippen molar-refractivity contribution in [3.8, 4) is 0 Å². The van der Waals surface area contributed by atoms with Crippen molar-refractivity contribution >= 4 is 22.0 Å². The van der Waals surface area contributed by atoms with Gasteiger partial charge in [-0.15, -0.1) is 0 Å². The molecule has 0 spiro atoms. The number of carbonyl (C=O) groups excluding carboxylic acids is 1. The van der Waals surface area contributed by atoms with Gasteiger partial charge in [0.05, 0.1) is 18.3 Å². The van der Waals surface area contributed by atoms with Crippen molar-refractivity contribution in [3.63, 3.8) is 0 Å². The Morgan fingerprint density at radius 3 is 2.22 bits per heavy atom. The summed E-state index contributed by atoms with van der Waals surface area (Å²) in [6.07, 6.45) is -3.44. The van der Waals surface area contributed by atoms with Crippen LogP contribution in [0.3, 0.4) is 0 Å². The van der Waals surface area contributed by atoms with Crippen molar-refractivity contribution in [2.24, 2.45) is 11.1 Å². The fourth-order valence-electron chi connectivity index (χ4n) is 1.74. The number of aliphatic carboxylic acids is 1. The van der Waals surface area contributed by atoms with Gasteiger partial charge in [-0.05, 0) is 13.0 Å². The summed E-state index contributed by atoms with van der Waals surface area (Å²) in [5.41, 5.74) is 3.76. The number of rotatable bonds is 10. The number of carboxylic acid groups (broad SMARTS) is 1. The molecule has 0 saturated carbocycles. The van der Waals surface area contributed by atoms with Gasteiger partial charge < -0.3 is 20.8 Å². The van der Waals surface area contributed by atoms with Crippen molar-refractivity contribution in [1.29, 1.82) is 0 Å². The van der Waals surface area contributed by atoms with E-state index in [1.807, 2.05) is 0 Å². The van der Waals surface area contributed by atoms with Crippen LogP contribution in [0.1, 0.15) is 26.7 Å². The molecule has 9 nitrogen and oxygen atoms in total. The zero-order chi connectivity index (χ0) is 18.4. The van der Waals surface area contributed by atoms with E-state index in [2.05, 4.69) is 0 Å². The van der Waals surface area contributed by atoms with Gasteiger partial charge in [-0.2, -0.15) is 8.42 Å². The van der Waals surface area contributed by atoms with Crippen LogP contribution >= 0.6 is 0 Å². The van der Waals surface area contributed by atoms with Crippen molar-refractivity contribution in [2.45, 2.75) is 38.9 Å². The summed E-state index contributed by atoms with van der Waals surface area (Å²) in [6, 6.07) is 0. The number of nitrogens with zero attached hydrogens (tertiary/aromatic N) is 1. The molecule has 1 amide bonds. The second-order valence-corrected chi connectivity index (χ2v) is 7.76. The molecular formula is C13H26N2O7S. The molecule has 0 aliphatic heterocycles. The van der Waals surface area contributed by atoms with E-state index in [0.717, 1.165) is 0 Å². The van der Waals surface area contributed by atoms with E-state index in [1.165, 1.54) is 32.8 Å². The Labute approximate surface area is 136 Å². The lowest BCUT2D eigenvalue weighted by Gasteiger charge is -2.35. The van der Waals surface area contributed by atoms with Crippen LogP contribution in [-0.4, -0.2) is 74.0 Å². The van der Waals surface area contributed by atoms with Crippen molar-refractivity contribution in [1.82, 2.24) is 4.90 Å². The SMILES string of the molecule is CN(C)C(=O)CC(OS(=O)(=O)CCCN)C(C)(C)[C@@H](O)C(=O)O. The molecule has 1 unspecified atom stereocenters. The molecule has 0 rings (SSSR count). The molecule has 0 heterocycles. The van der Waals surface area contributed by atoms with Crippen LogP contribution in [0.25, 0.3) is 0 Å². The van der Waals surface area contributed by atoms with E-state index >= 15 is 0 Å². The molecule has 0 fully saturated rings. The Morgan fingerprint density at radius 2 is 1.83 bits per heavy atom. The highest BCUT2D eigenvalue weighted by Crippen LogP contribution is 2.32. The standard InChI is InChI=1S/C13H26N2O7S/c1-13(2,11(17)12(18)19)9(8-10(16)15(3)4)22-23(20,21)7-5-6-14/h9,11,17H,5-8,14H2,1-4H3,(H,18,19)/t9?,11-/m0/s1. The molecule has 4 N–H and O–H groups in total. The van der Waals surface area contributed by atoms with E-state index in [4.69, 9.17) is 15.0 Å². The fourth-order valence-corrected chi connectivity index (χ4v) is 3.03. The van der Waals surface area contributed by atoms with Crippen LogP contribution in [0.2, 0.25) is 0 Å². The summed E-state index contributed by atoms with van der Waals surface area (Å²) in [5, 5.41) is 18.8. The Kier molecular flexibility index (Phi) is 8.12. The van der Waals surface area contributed by atoms with Gasteiger partial charge in [-0.1, -0.05) is 13.8 Å². The average molecular weight is 354 g/mol. The smallest absolute Gasteiger partial charge is 0.333 e. The first kappa shape index (κ1) is 21.8. The number of nitrogens with two attached hydrogens (primary N) is 1. The van der Waals surface area contributed by atoms with Crippen LogP contribution in [-0.2, 0) is 23.9 Å². The third kappa shape index (κ3) is 6.81. The van der Waals surface area contributed by atoms with Gasteiger partial charge in [0.15, 0.2) is 6.10 Å². The van der Waals surface area contributed by atoms with E-state index < -0.39 is 39.6 Å². The van der Waals surface area contributed by atoms with Gasteiger partial charge in [0.1, 0.15) is 0 Å². The number of aliphatic hydroxyl groups excluding tert-OH is 1. The average Bonchev–Trinajstić information content (AvgIpc) is 2.42. The van der Waals surface area contributed by atoms with Crippen LogP contribution in [0.4, 0.5) is 0 Å². The molecule has 2 atom stereocenters. The third-order valence-electron chi connectivity index (χ3n) is 3.49. The van der Waals surface area contributed by atoms with Gasteiger partial charge in [0.25, 0.3) is 10.1 Å². The summed E-state index contributed by atoms with van der Waals surface area (Å²) in [7, 11) is -1.06. The van der Waals surface area contributed by atoms with E-state index in [-0.39, 0.29) is 25.1 Å². The summed E-state index contributed by atoms with van der Waals surface area (Å²) in [5.74, 6) is -2.33. The lowest BCUT2D eigenvalue weighted by atomic mass is 9.79. The van der Waals surface area contributed by atoms with Crippen molar-refractivity contribution in [3.05, 3.63) is 0 Å². The molecule has 0 aromatic carbocycles. The Balaban J connectivity index is 5.47. The van der Waals surface area contributed by atoms with Crippen LogP contribution in [0.15, 0.2) is 0 Å². The molecule has 0 aliphatic rings. The predicted octanol–water partition coefficient (Wildman–Crippen LogP) is -1.000. The maximum Gasteiger partial charge on any atom is 0.333 e. The molecule has 23 heavy (non-hydrogen) atoms. The first-order valence-corrected chi connectivity index (χ1v) is 8.65. The van der Waals surface area contributed by atoms with Crippen LogP contribution in [0.5, 0.6) is 0 Å². The lowest BCUT2D eigenvalue weighted by molar-refractivity contribution is -0.159. The molecule has 0 bridgehead atoms. The Morgan fingerprint density at radius 1 is 1.30 bits per heavy atom. The zero-order valence-corrected chi connectivity index (χ0v) is 14.7. The zero-order valence-electron chi connectivity index (χ0n) is 13.9. The molecule has 136 valence electrons. The highest BCUT2D eigenvalue weighted by molar-refractivity contribution is 7.86. The second kappa shape index (κ2) is 8.57. The van der Waals surface area contributed by atoms with Gasteiger partial charge in [0.2, 0.25) is 5.91 Å². The molecule has 0 aliphatic carbocycles. The normalized spacial score (nSPS) is 15.0. The topological polar surface area (TPSA) is 147 Å². The highest BCUT2D eigenvalue weighted by atomic mass is 32.2. The minimum absolute atomic E-state index is 0.144. The summed E-state index contributed by atoms with van der Waals surface area (Å²) in [4.78, 5) is 24.2. The quantitative estimate of drug-likeness (QED) is 0.423. The predicted molar refractivity (Wildman–Crippen MR) is 83.1 cm³/mol. The molecule has 10 heteroatoms. The first-order chi connectivity index (χ1) is 10.3. The Hall–Kier alpha value is -1.23. The Bertz CT molecular complexity index is 516.